The molecule has 0 saturated heterocycles. The molecular weight excluding hydrogens is 406 g/mol. The Hall–Kier alpha value is -3.95. The molecule has 158 valence electrons. The summed E-state index contributed by atoms with van der Waals surface area (Å²) in [6.07, 6.45) is 4.52. The summed E-state index contributed by atoms with van der Waals surface area (Å²) in [5.74, 6) is -0.304. The lowest BCUT2D eigenvalue weighted by Crippen LogP contribution is -2.23. The average Bonchev–Trinajstić information content (AvgIpc) is 3.43. The summed E-state index contributed by atoms with van der Waals surface area (Å²) in [5, 5.41) is 6.51. The predicted molar refractivity (Wildman–Crippen MR) is 106 cm³/mol. The van der Waals surface area contributed by atoms with Gasteiger partial charge in [0.05, 0.1) is 0 Å². The molecule has 1 amide bonds. The van der Waals surface area contributed by atoms with E-state index in [4.69, 9.17) is 4.52 Å². The van der Waals surface area contributed by atoms with Crippen molar-refractivity contribution >= 4 is 5.91 Å². The van der Waals surface area contributed by atoms with Crippen molar-refractivity contribution in [3.8, 4) is 17.3 Å². The molecule has 0 spiro atoms. The van der Waals surface area contributed by atoms with Crippen LogP contribution < -0.4 is 5.32 Å². The fourth-order valence-corrected chi connectivity index (χ4v) is 2.78. The quantitative estimate of drug-likeness (QED) is 0.507. The minimum absolute atomic E-state index is 0.0963. The number of aromatic nitrogens is 5. The van der Waals surface area contributed by atoms with Gasteiger partial charge in [0.2, 0.25) is 0 Å². The number of benzene rings is 1. The third-order valence-electron chi connectivity index (χ3n) is 4.48. The van der Waals surface area contributed by atoms with Crippen molar-refractivity contribution in [3.63, 3.8) is 0 Å². The van der Waals surface area contributed by atoms with E-state index in [9.17, 15) is 13.6 Å². The van der Waals surface area contributed by atoms with Gasteiger partial charge in [-0.2, -0.15) is 4.98 Å². The van der Waals surface area contributed by atoms with E-state index in [-0.39, 0.29) is 23.7 Å². The first-order valence-electron chi connectivity index (χ1n) is 9.47. The summed E-state index contributed by atoms with van der Waals surface area (Å²) in [6.45, 7) is 3.84. The summed E-state index contributed by atoms with van der Waals surface area (Å²) < 4.78 is 33.6. The zero-order chi connectivity index (χ0) is 22.0. The molecule has 4 rings (SSSR count). The Morgan fingerprint density at radius 3 is 2.77 bits per heavy atom. The topological polar surface area (TPSA) is 98.7 Å². The lowest BCUT2D eigenvalue weighted by molar-refractivity contribution is 0.0946. The van der Waals surface area contributed by atoms with Crippen molar-refractivity contribution in [2.24, 2.45) is 0 Å². The van der Waals surface area contributed by atoms with Crippen molar-refractivity contribution in [2.75, 3.05) is 0 Å². The summed E-state index contributed by atoms with van der Waals surface area (Å²) in [4.78, 5) is 25.1. The van der Waals surface area contributed by atoms with Crippen molar-refractivity contribution < 1.29 is 18.1 Å². The molecule has 0 bridgehead atoms. The van der Waals surface area contributed by atoms with Gasteiger partial charge in [0.15, 0.2) is 5.82 Å². The maximum atomic E-state index is 13.7. The molecule has 0 aliphatic rings. The van der Waals surface area contributed by atoms with Gasteiger partial charge >= 0.3 is 0 Å². The van der Waals surface area contributed by atoms with Gasteiger partial charge in [-0.1, -0.05) is 25.1 Å². The van der Waals surface area contributed by atoms with E-state index < -0.39 is 17.5 Å². The van der Waals surface area contributed by atoms with Gasteiger partial charge in [0.25, 0.3) is 11.8 Å². The Morgan fingerprint density at radius 1 is 1.19 bits per heavy atom. The second-order valence-corrected chi connectivity index (χ2v) is 7.10. The number of nitrogens with one attached hydrogen (secondary N) is 1. The van der Waals surface area contributed by atoms with Crippen molar-refractivity contribution in [3.05, 3.63) is 77.8 Å². The Balaban J connectivity index is 1.48. The molecule has 3 heterocycles. The van der Waals surface area contributed by atoms with E-state index in [0.29, 0.717) is 23.1 Å². The Morgan fingerprint density at radius 2 is 2.03 bits per heavy atom. The molecule has 0 fully saturated rings. The molecule has 0 aliphatic carbocycles. The molecule has 0 unspecified atom stereocenters. The highest BCUT2D eigenvalue weighted by Gasteiger charge is 2.15. The summed E-state index contributed by atoms with van der Waals surface area (Å²) >= 11 is 0. The summed E-state index contributed by atoms with van der Waals surface area (Å²) in [6, 6.07) is 6.65. The minimum Gasteiger partial charge on any atom is -0.346 e. The van der Waals surface area contributed by atoms with Crippen LogP contribution in [-0.4, -0.2) is 30.6 Å². The number of carbonyl (C=O) groups excluding carboxylic acids is 1. The van der Waals surface area contributed by atoms with Gasteiger partial charge in [0, 0.05) is 42.0 Å². The third-order valence-corrected chi connectivity index (χ3v) is 4.48. The number of pyridine rings is 1. The molecule has 1 aromatic carbocycles. The van der Waals surface area contributed by atoms with Gasteiger partial charge in [-0.3, -0.25) is 9.36 Å². The van der Waals surface area contributed by atoms with E-state index in [1.165, 1.54) is 18.6 Å². The number of carbonyl (C=O) groups is 1. The van der Waals surface area contributed by atoms with Gasteiger partial charge in [-0.05, 0) is 18.2 Å². The van der Waals surface area contributed by atoms with Crippen LogP contribution in [0.3, 0.4) is 0 Å². The fraction of sp³-hybridized carbons (Fsp3) is 0.190. The van der Waals surface area contributed by atoms with Gasteiger partial charge in [0.1, 0.15) is 29.5 Å². The molecule has 0 atom stereocenters. The molecule has 4 aromatic rings. The van der Waals surface area contributed by atoms with Crippen LogP contribution in [0.25, 0.3) is 17.3 Å². The summed E-state index contributed by atoms with van der Waals surface area (Å²) in [5.41, 5.74) is 0.967. The lowest BCUT2D eigenvalue weighted by atomic mass is 10.2. The lowest BCUT2D eigenvalue weighted by Gasteiger charge is -2.05. The van der Waals surface area contributed by atoms with Gasteiger partial charge < -0.3 is 9.84 Å². The SMILES string of the molecule is CC(C)c1noc(-c2ccnc(-n3cnc(C(=O)NCc4ccc(F)cc4F)c3)c2)n1. The summed E-state index contributed by atoms with van der Waals surface area (Å²) in [7, 11) is 0. The molecule has 8 nitrogen and oxygen atoms in total. The number of amides is 1. The highest BCUT2D eigenvalue weighted by atomic mass is 19.1. The monoisotopic (exact) mass is 424 g/mol. The molecule has 0 aliphatic heterocycles. The molecular formula is C21H18F2N6O2. The highest BCUT2D eigenvalue weighted by Crippen LogP contribution is 2.21. The third kappa shape index (κ3) is 4.47. The Kier molecular flexibility index (Phi) is 5.52. The maximum absolute atomic E-state index is 13.7. The Labute approximate surface area is 176 Å². The van der Waals surface area contributed by atoms with Crippen LogP contribution in [0.2, 0.25) is 0 Å². The van der Waals surface area contributed by atoms with Crippen molar-refractivity contribution in [1.29, 1.82) is 0 Å². The maximum Gasteiger partial charge on any atom is 0.271 e. The van der Waals surface area contributed by atoms with E-state index >= 15 is 0 Å². The van der Waals surface area contributed by atoms with Crippen LogP contribution in [-0.2, 0) is 6.54 Å². The van der Waals surface area contributed by atoms with Crippen molar-refractivity contribution in [2.45, 2.75) is 26.3 Å². The van der Waals surface area contributed by atoms with Crippen LogP contribution in [0, 0.1) is 11.6 Å². The van der Waals surface area contributed by atoms with Crippen molar-refractivity contribution in [1.82, 2.24) is 30.0 Å². The second kappa shape index (κ2) is 8.42. The number of nitrogens with zero attached hydrogens (tertiary/aromatic N) is 5. The first kappa shape index (κ1) is 20.3. The zero-order valence-electron chi connectivity index (χ0n) is 16.7. The van der Waals surface area contributed by atoms with E-state index in [0.717, 1.165) is 12.1 Å². The van der Waals surface area contributed by atoms with Crippen LogP contribution >= 0.6 is 0 Å². The molecule has 31 heavy (non-hydrogen) atoms. The average molecular weight is 424 g/mol. The zero-order valence-corrected chi connectivity index (χ0v) is 16.7. The van der Waals surface area contributed by atoms with Crippen LogP contribution in [0.5, 0.6) is 0 Å². The highest BCUT2D eigenvalue weighted by molar-refractivity contribution is 5.92. The number of halogens is 2. The molecule has 10 heteroatoms. The largest absolute Gasteiger partial charge is 0.346 e. The first-order valence-corrected chi connectivity index (χ1v) is 9.47. The fourth-order valence-electron chi connectivity index (χ4n) is 2.78. The molecule has 0 saturated carbocycles. The number of hydrogen-bond acceptors (Lipinski definition) is 6. The van der Waals surface area contributed by atoms with E-state index in [2.05, 4.69) is 25.4 Å². The second-order valence-electron chi connectivity index (χ2n) is 7.10. The molecule has 3 aromatic heterocycles. The van der Waals surface area contributed by atoms with Crippen LogP contribution in [0.15, 0.2) is 53.6 Å². The normalized spacial score (nSPS) is 11.1. The molecule has 0 radical (unpaired) electrons. The Bertz CT molecular complexity index is 1230. The smallest absolute Gasteiger partial charge is 0.271 e. The van der Waals surface area contributed by atoms with Crippen LogP contribution in [0.1, 0.15) is 41.6 Å². The van der Waals surface area contributed by atoms with Crippen LogP contribution in [0.4, 0.5) is 8.78 Å². The minimum atomic E-state index is -0.728. The number of imidazole rings is 1. The molecule has 1 N–H and O–H groups in total. The van der Waals surface area contributed by atoms with E-state index in [1.54, 1.807) is 22.9 Å². The number of hydrogen-bond donors (Lipinski definition) is 1. The van der Waals surface area contributed by atoms with E-state index in [1.807, 2.05) is 13.8 Å². The van der Waals surface area contributed by atoms with Gasteiger partial charge in [-0.15, -0.1) is 0 Å². The van der Waals surface area contributed by atoms with Gasteiger partial charge in [-0.25, -0.2) is 18.7 Å². The predicted octanol–water partition coefficient (Wildman–Crippen LogP) is 3.65. The first-order chi connectivity index (χ1) is 14.9. The standard InChI is InChI=1S/C21H18F2N6O2/c1-12(2)19-27-21(31-28-19)13-5-6-24-18(7-13)29-10-17(26-11-29)20(30)25-9-14-3-4-15(22)8-16(14)23/h3-8,10-12H,9H2,1-2H3,(H,25,30). The number of rotatable bonds is 6.